The van der Waals surface area contributed by atoms with Crippen molar-refractivity contribution in [1.29, 1.82) is 0 Å². The summed E-state index contributed by atoms with van der Waals surface area (Å²) in [6.45, 7) is 3.40. The number of carbonyl (C=O) groups is 2. The van der Waals surface area contributed by atoms with Crippen LogP contribution in [0.3, 0.4) is 0 Å². The Morgan fingerprint density at radius 3 is 1.96 bits per heavy atom. The van der Waals surface area contributed by atoms with Gasteiger partial charge < -0.3 is 20.4 Å². The molecule has 0 aromatic heterocycles. The SMILES string of the molecule is Cc1ccc(CNCc2ccc(N(C)C)c([N+](=O)[O-])c2)cc1.O=C(O)C(=O)O. The van der Waals surface area contributed by atoms with Crippen molar-refractivity contribution in [2.45, 2.75) is 20.0 Å². The van der Waals surface area contributed by atoms with Gasteiger partial charge in [0.15, 0.2) is 0 Å². The largest absolute Gasteiger partial charge is 0.473 e. The first-order chi connectivity index (χ1) is 13.1. The van der Waals surface area contributed by atoms with Crippen molar-refractivity contribution >= 4 is 23.3 Å². The lowest BCUT2D eigenvalue weighted by Crippen LogP contribution is -2.14. The van der Waals surface area contributed by atoms with Gasteiger partial charge in [0.2, 0.25) is 0 Å². The van der Waals surface area contributed by atoms with E-state index in [-0.39, 0.29) is 10.6 Å². The number of anilines is 1. The van der Waals surface area contributed by atoms with Crippen molar-refractivity contribution in [3.8, 4) is 0 Å². The smallest absolute Gasteiger partial charge is 0.414 e. The number of nitrogens with one attached hydrogen (secondary N) is 1. The Kier molecular flexibility index (Phi) is 8.57. The second-order valence-corrected chi connectivity index (χ2v) is 6.17. The molecular formula is C19H23N3O6. The Hall–Kier alpha value is -3.46. The maximum Gasteiger partial charge on any atom is 0.414 e. The van der Waals surface area contributed by atoms with Crippen LogP contribution in [0.4, 0.5) is 11.4 Å². The molecule has 0 saturated heterocycles. The van der Waals surface area contributed by atoms with Crippen LogP contribution in [-0.2, 0) is 22.7 Å². The fraction of sp³-hybridized carbons (Fsp3) is 0.263. The van der Waals surface area contributed by atoms with Crippen LogP contribution in [0.5, 0.6) is 0 Å². The molecule has 2 aromatic carbocycles. The Morgan fingerprint density at radius 2 is 1.50 bits per heavy atom. The Balaban J connectivity index is 0.000000568. The summed E-state index contributed by atoms with van der Waals surface area (Å²) in [4.78, 5) is 30.8. The van der Waals surface area contributed by atoms with Crippen LogP contribution in [-0.4, -0.2) is 41.2 Å². The predicted octanol–water partition coefficient (Wildman–Crippen LogP) is 2.41. The first-order valence-electron chi connectivity index (χ1n) is 8.29. The molecule has 3 N–H and O–H groups in total. The van der Waals surface area contributed by atoms with Gasteiger partial charge in [-0.25, -0.2) is 9.59 Å². The minimum Gasteiger partial charge on any atom is -0.473 e. The number of rotatable bonds is 6. The van der Waals surface area contributed by atoms with Crippen LogP contribution >= 0.6 is 0 Å². The number of carboxylic acids is 2. The van der Waals surface area contributed by atoms with E-state index in [1.807, 2.05) is 6.07 Å². The number of aryl methyl sites for hydroxylation is 1. The lowest BCUT2D eigenvalue weighted by Gasteiger charge is -2.13. The first-order valence-corrected chi connectivity index (χ1v) is 8.29. The van der Waals surface area contributed by atoms with E-state index < -0.39 is 11.9 Å². The Labute approximate surface area is 162 Å². The maximum atomic E-state index is 11.2. The number of nitrogens with zero attached hydrogens (tertiary/aromatic N) is 2. The summed E-state index contributed by atoms with van der Waals surface area (Å²) in [6, 6.07) is 13.7. The van der Waals surface area contributed by atoms with Crippen LogP contribution in [0.15, 0.2) is 42.5 Å². The van der Waals surface area contributed by atoms with E-state index in [0.29, 0.717) is 12.2 Å². The number of nitro groups is 1. The molecule has 2 aromatic rings. The number of benzene rings is 2. The molecule has 9 heteroatoms. The summed E-state index contributed by atoms with van der Waals surface area (Å²) in [6.07, 6.45) is 0. The molecule has 0 aliphatic heterocycles. The van der Waals surface area contributed by atoms with Crippen LogP contribution < -0.4 is 10.2 Å². The van der Waals surface area contributed by atoms with Gasteiger partial charge in [-0.15, -0.1) is 0 Å². The molecule has 0 bridgehead atoms. The second kappa shape index (κ2) is 10.6. The van der Waals surface area contributed by atoms with Gasteiger partial charge in [-0.2, -0.15) is 0 Å². The van der Waals surface area contributed by atoms with Crippen molar-refractivity contribution < 1.29 is 24.7 Å². The summed E-state index contributed by atoms with van der Waals surface area (Å²) in [5, 5.41) is 29.3. The number of carboxylic acid groups (broad SMARTS) is 2. The normalized spacial score (nSPS) is 9.82. The molecule has 0 aliphatic carbocycles. The number of hydrogen-bond acceptors (Lipinski definition) is 6. The molecule has 9 nitrogen and oxygen atoms in total. The Morgan fingerprint density at radius 1 is 1.00 bits per heavy atom. The van der Waals surface area contributed by atoms with Gasteiger partial charge in [0, 0.05) is 33.3 Å². The van der Waals surface area contributed by atoms with E-state index in [1.54, 1.807) is 31.1 Å². The average Bonchev–Trinajstić information content (AvgIpc) is 2.63. The van der Waals surface area contributed by atoms with Crippen molar-refractivity contribution in [2.24, 2.45) is 0 Å². The summed E-state index contributed by atoms with van der Waals surface area (Å²) in [7, 11) is 3.61. The number of aliphatic carboxylic acids is 2. The zero-order valence-corrected chi connectivity index (χ0v) is 15.9. The highest BCUT2D eigenvalue weighted by atomic mass is 16.6. The monoisotopic (exact) mass is 389 g/mol. The van der Waals surface area contributed by atoms with E-state index in [9.17, 15) is 10.1 Å². The van der Waals surface area contributed by atoms with Crippen LogP contribution in [0, 0.1) is 17.0 Å². The van der Waals surface area contributed by atoms with Crippen LogP contribution in [0.25, 0.3) is 0 Å². The minimum absolute atomic E-state index is 0.139. The number of nitro benzene ring substituents is 1. The molecule has 150 valence electrons. The highest BCUT2D eigenvalue weighted by Crippen LogP contribution is 2.27. The topological polar surface area (TPSA) is 133 Å². The standard InChI is InChI=1S/C17H21N3O2.C2H2O4/c1-13-4-6-14(7-5-13)11-18-12-15-8-9-16(19(2)3)17(10-15)20(21)22;3-1(4)2(5)6/h4-10,18H,11-12H2,1-3H3;(H,3,4)(H,5,6). The lowest BCUT2D eigenvalue weighted by molar-refractivity contribution is -0.384. The minimum atomic E-state index is -1.82. The van der Waals surface area contributed by atoms with Crippen molar-refractivity contribution in [3.05, 3.63) is 69.3 Å². The molecule has 28 heavy (non-hydrogen) atoms. The highest BCUT2D eigenvalue weighted by molar-refractivity contribution is 6.27. The molecule has 0 unspecified atom stereocenters. The summed E-state index contributed by atoms with van der Waals surface area (Å²) < 4.78 is 0. The van der Waals surface area contributed by atoms with E-state index >= 15 is 0 Å². The highest BCUT2D eigenvalue weighted by Gasteiger charge is 2.15. The van der Waals surface area contributed by atoms with Crippen molar-refractivity contribution in [3.63, 3.8) is 0 Å². The fourth-order valence-electron chi connectivity index (χ4n) is 2.26. The van der Waals surface area contributed by atoms with E-state index in [2.05, 4.69) is 36.5 Å². The second-order valence-electron chi connectivity index (χ2n) is 6.17. The summed E-state index contributed by atoms with van der Waals surface area (Å²) >= 11 is 0. The maximum absolute atomic E-state index is 11.2. The fourth-order valence-corrected chi connectivity index (χ4v) is 2.26. The molecule has 2 rings (SSSR count). The van der Waals surface area contributed by atoms with Gasteiger partial charge in [0.1, 0.15) is 5.69 Å². The lowest BCUT2D eigenvalue weighted by atomic mass is 10.1. The summed E-state index contributed by atoms with van der Waals surface area (Å²) in [5.41, 5.74) is 4.10. The van der Waals surface area contributed by atoms with E-state index in [4.69, 9.17) is 19.8 Å². The average molecular weight is 389 g/mol. The molecule has 0 aliphatic rings. The third kappa shape index (κ3) is 7.42. The summed E-state index contributed by atoms with van der Waals surface area (Å²) in [5.74, 6) is -3.65. The third-order valence-corrected chi connectivity index (χ3v) is 3.68. The molecule has 0 fully saturated rings. The van der Waals surface area contributed by atoms with Gasteiger partial charge in [-0.05, 0) is 24.1 Å². The van der Waals surface area contributed by atoms with Gasteiger partial charge in [0.05, 0.1) is 4.92 Å². The molecule has 0 radical (unpaired) electrons. The van der Waals surface area contributed by atoms with E-state index in [1.165, 1.54) is 11.1 Å². The van der Waals surface area contributed by atoms with Crippen LogP contribution in [0.2, 0.25) is 0 Å². The van der Waals surface area contributed by atoms with Gasteiger partial charge >= 0.3 is 11.9 Å². The molecule has 0 heterocycles. The predicted molar refractivity (Wildman–Crippen MR) is 104 cm³/mol. The van der Waals surface area contributed by atoms with Gasteiger partial charge in [-0.1, -0.05) is 35.9 Å². The van der Waals surface area contributed by atoms with Gasteiger partial charge in [-0.3, -0.25) is 10.1 Å². The molecule has 0 spiro atoms. The molecule has 0 saturated carbocycles. The quantitative estimate of drug-likeness (QED) is 0.390. The van der Waals surface area contributed by atoms with Crippen molar-refractivity contribution in [1.82, 2.24) is 5.32 Å². The van der Waals surface area contributed by atoms with Crippen molar-refractivity contribution in [2.75, 3.05) is 19.0 Å². The van der Waals surface area contributed by atoms with Crippen LogP contribution in [0.1, 0.15) is 16.7 Å². The zero-order chi connectivity index (χ0) is 21.3. The zero-order valence-electron chi connectivity index (χ0n) is 15.9. The Bertz CT molecular complexity index is 822. The molecule has 0 amide bonds. The first kappa shape index (κ1) is 22.6. The number of hydrogen-bond donors (Lipinski definition) is 3. The third-order valence-electron chi connectivity index (χ3n) is 3.68. The molecule has 0 atom stereocenters. The van der Waals surface area contributed by atoms with Gasteiger partial charge in [0.25, 0.3) is 5.69 Å². The van der Waals surface area contributed by atoms with E-state index in [0.717, 1.165) is 12.1 Å². The molecular weight excluding hydrogens is 366 g/mol.